The first kappa shape index (κ1) is 15.4. The van der Waals surface area contributed by atoms with Crippen molar-refractivity contribution in [2.45, 2.75) is 76.4 Å². The highest BCUT2D eigenvalue weighted by Crippen LogP contribution is 2.33. The van der Waals surface area contributed by atoms with E-state index >= 15 is 0 Å². The summed E-state index contributed by atoms with van der Waals surface area (Å²) in [7, 11) is 0. The van der Waals surface area contributed by atoms with E-state index in [1.807, 2.05) is 0 Å². The summed E-state index contributed by atoms with van der Waals surface area (Å²) in [4.78, 5) is 0. The van der Waals surface area contributed by atoms with Crippen molar-refractivity contribution in [3.8, 4) is 0 Å². The summed E-state index contributed by atoms with van der Waals surface area (Å²) < 4.78 is 2.18. The standard InChI is InChI=1S/C17H28ClN3/c1-14-5-4-9-17(11-14,13-18)19-12-15-8-10-21(20-15)16-6-2-3-7-16/h8,10,14,16,19H,2-7,9,11-13H2,1H3. The maximum Gasteiger partial charge on any atom is 0.0762 e. The lowest BCUT2D eigenvalue weighted by molar-refractivity contribution is 0.206. The predicted molar refractivity (Wildman–Crippen MR) is 87.7 cm³/mol. The number of nitrogens with one attached hydrogen (secondary N) is 1. The fourth-order valence-corrected chi connectivity index (χ4v) is 4.45. The van der Waals surface area contributed by atoms with E-state index in [9.17, 15) is 0 Å². The molecule has 21 heavy (non-hydrogen) atoms. The molecule has 0 radical (unpaired) electrons. The molecule has 2 saturated carbocycles. The predicted octanol–water partition coefficient (Wildman–Crippen LogP) is 4.28. The molecule has 2 unspecified atom stereocenters. The lowest BCUT2D eigenvalue weighted by atomic mass is 9.77. The van der Waals surface area contributed by atoms with Gasteiger partial charge in [-0.3, -0.25) is 4.68 Å². The van der Waals surface area contributed by atoms with E-state index in [1.54, 1.807) is 0 Å². The largest absolute Gasteiger partial charge is 0.304 e. The molecule has 2 aliphatic rings. The molecule has 1 N–H and O–H groups in total. The van der Waals surface area contributed by atoms with Crippen LogP contribution in [0.25, 0.3) is 0 Å². The van der Waals surface area contributed by atoms with Crippen LogP contribution in [0.5, 0.6) is 0 Å². The van der Waals surface area contributed by atoms with Crippen LogP contribution < -0.4 is 5.32 Å². The van der Waals surface area contributed by atoms with Gasteiger partial charge in [-0.1, -0.05) is 32.6 Å². The highest BCUT2D eigenvalue weighted by Gasteiger charge is 2.33. The van der Waals surface area contributed by atoms with E-state index < -0.39 is 0 Å². The molecule has 0 aromatic carbocycles. The number of nitrogens with zero attached hydrogens (tertiary/aromatic N) is 2. The van der Waals surface area contributed by atoms with E-state index in [1.165, 1.54) is 51.4 Å². The first-order valence-electron chi connectivity index (χ1n) is 8.56. The molecule has 1 heterocycles. The minimum atomic E-state index is 0.121. The molecule has 0 aliphatic heterocycles. The van der Waals surface area contributed by atoms with Gasteiger partial charge in [0.1, 0.15) is 0 Å². The molecule has 1 aromatic rings. The normalized spacial score (nSPS) is 30.9. The zero-order chi connectivity index (χ0) is 14.7. The van der Waals surface area contributed by atoms with Crippen molar-refractivity contribution in [3.05, 3.63) is 18.0 Å². The number of hydrogen-bond acceptors (Lipinski definition) is 2. The van der Waals surface area contributed by atoms with Crippen LogP contribution in [0, 0.1) is 5.92 Å². The molecule has 1 aromatic heterocycles. The van der Waals surface area contributed by atoms with Crippen LogP contribution in [0.2, 0.25) is 0 Å². The molecule has 2 fully saturated rings. The highest BCUT2D eigenvalue weighted by molar-refractivity contribution is 6.18. The van der Waals surface area contributed by atoms with Crippen LogP contribution in [0.4, 0.5) is 0 Å². The molecule has 0 bridgehead atoms. The maximum absolute atomic E-state index is 6.29. The fourth-order valence-electron chi connectivity index (χ4n) is 4.11. The van der Waals surface area contributed by atoms with Gasteiger partial charge >= 0.3 is 0 Å². The van der Waals surface area contributed by atoms with Gasteiger partial charge in [-0.25, -0.2) is 0 Å². The molecule has 2 aliphatic carbocycles. The monoisotopic (exact) mass is 309 g/mol. The minimum Gasteiger partial charge on any atom is -0.304 e. The topological polar surface area (TPSA) is 29.9 Å². The third-order valence-electron chi connectivity index (χ3n) is 5.35. The van der Waals surface area contributed by atoms with Crippen molar-refractivity contribution >= 4 is 11.6 Å². The maximum atomic E-state index is 6.29. The minimum absolute atomic E-state index is 0.121. The first-order valence-corrected chi connectivity index (χ1v) is 9.09. The third-order valence-corrected chi connectivity index (χ3v) is 5.87. The van der Waals surface area contributed by atoms with Gasteiger partial charge in [-0.15, -0.1) is 11.6 Å². The number of alkyl halides is 1. The highest BCUT2D eigenvalue weighted by atomic mass is 35.5. The molecule has 0 saturated heterocycles. The van der Waals surface area contributed by atoms with Crippen LogP contribution in [-0.2, 0) is 6.54 Å². The Morgan fingerprint density at radius 3 is 2.86 bits per heavy atom. The Labute approximate surface area is 133 Å². The number of rotatable bonds is 5. The lowest BCUT2D eigenvalue weighted by Crippen LogP contribution is -2.49. The van der Waals surface area contributed by atoms with E-state index in [0.717, 1.165) is 18.2 Å². The second kappa shape index (κ2) is 6.70. The zero-order valence-electron chi connectivity index (χ0n) is 13.2. The quantitative estimate of drug-likeness (QED) is 0.823. The summed E-state index contributed by atoms with van der Waals surface area (Å²) in [5.41, 5.74) is 1.28. The summed E-state index contributed by atoms with van der Waals surface area (Å²) in [6.45, 7) is 3.19. The van der Waals surface area contributed by atoms with E-state index in [-0.39, 0.29) is 5.54 Å². The summed E-state index contributed by atoms with van der Waals surface area (Å²) in [6, 6.07) is 2.80. The lowest BCUT2D eigenvalue weighted by Gasteiger charge is -2.39. The number of halogens is 1. The summed E-state index contributed by atoms with van der Waals surface area (Å²) >= 11 is 6.29. The number of aromatic nitrogens is 2. The molecule has 118 valence electrons. The van der Waals surface area contributed by atoms with E-state index in [4.69, 9.17) is 16.7 Å². The van der Waals surface area contributed by atoms with Gasteiger partial charge in [0, 0.05) is 24.2 Å². The van der Waals surface area contributed by atoms with E-state index in [2.05, 4.69) is 29.2 Å². The van der Waals surface area contributed by atoms with Crippen LogP contribution >= 0.6 is 11.6 Å². The van der Waals surface area contributed by atoms with Crippen LogP contribution in [-0.4, -0.2) is 21.2 Å². The van der Waals surface area contributed by atoms with Crippen molar-refractivity contribution < 1.29 is 0 Å². The molecule has 0 spiro atoms. The van der Waals surface area contributed by atoms with Gasteiger partial charge in [0.05, 0.1) is 11.7 Å². The van der Waals surface area contributed by atoms with E-state index in [0.29, 0.717) is 11.9 Å². The second-order valence-electron chi connectivity index (χ2n) is 7.19. The summed E-state index contributed by atoms with van der Waals surface area (Å²) in [6.07, 6.45) is 12.5. The average Bonchev–Trinajstić information content (AvgIpc) is 3.16. The van der Waals surface area contributed by atoms with Crippen molar-refractivity contribution in [2.75, 3.05) is 5.88 Å². The van der Waals surface area contributed by atoms with Gasteiger partial charge in [0.2, 0.25) is 0 Å². The van der Waals surface area contributed by atoms with Gasteiger partial charge in [-0.2, -0.15) is 5.10 Å². The summed E-state index contributed by atoms with van der Waals surface area (Å²) in [5, 5.41) is 8.50. The third kappa shape index (κ3) is 3.62. The fraction of sp³-hybridized carbons (Fsp3) is 0.824. The molecular formula is C17H28ClN3. The van der Waals surface area contributed by atoms with Crippen molar-refractivity contribution in [3.63, 3.8) is 0 Å². The van der Waals surface area contributed by atoms with Crippen LogP contribution in [0.15, 0.2) is 12.3 Å². The molecule has 4 heteroatoms. The smallest absolute Gasteiger partial charge is 0.0762 e. The second-order valence-corrected chi connectivity index (χ2v) is 7.46. The number of hydrogen-bond donors (Lipinski definition) is 1. The van der Waals surface area contributed by atoms with Crippen molar-refractivity contribution in [1.82, 2.24) is 15.1 Å². The zero-order valence-corrected chi connectivity index (χ0v) is 13.9. The molecule has 3 rings (SSSR count). The van der Waals surface area contributed by atoms with Gasteiger partial charge in [0.25, 0.3) is 0 Å². The van der Waals surface area contributed by atoms with Gasteiger partial charge in [0.15, 0.2) is 0 Å². The summed E-state index contributed by atoms with van der Waals surface area (Å²) in [5.74, 6) is 1.49. The molecular weight excluding hydrogens is 282 g/mol. The Morgan fingerprint density at radius 1 is 1.33 bits per heavy atom. The SMILES string of the molecule is CC1CCCC(CCl)(NCc2ccn(C3CCCC3)n2)C1. The van der Waals surface area contributed by atoms with Crippen LogP contribution in [0.3, 0.4) is 0 Å². The Hall–Kier alpha value is -0.540. The molecule has 2 atom stereocenters. The Bertz CT molecular complexity index is 453. The average molecular weight is 310 g/mol. The Kier molecular flexibility index (Phi) is 4.90. The van der Waals surface area contributed by atoms with Gasteiger partial charge < -0.3 is 5.32 Å². The molecule has 0 amide bonds. The molecule has 3 nitrogen and oxygen atoms in total. The van der Waals surface area contributed by atoms with Crippen molar-refractivity contribution in [2.24, 2.45) is 5.92 Å². The van der Waals surface area contributed by atoms with Gasteiger partial charge in [-0.05, 0) is 37.7 Å². The Balaban J connectivity index is 1.58. The first-order chi connectivity index (χ1) is 10.2. The van der Waals surface area contributed by atoms with Crippen LogP contribution in [0.1, 0.15) is 70.0 Å². The van der Waals surface area contributed by atoms with Crippen molar-refractivity contribution in [1.29, 1.82) is 0 Å². The Morgan fingerprint density at radius 2 is 2.14 bits per heavy atom.